The predicted molar refractivity (Wildman–Crippen MR) is 260 cm³/mol. The summed E-state index contributed by atoms with van der Waals surface area (Å²) in [7, 11) is 2.45. The zero-order chi connectivity index (χ0) is 48.5. The fourth-order valence-electron chi connectivity index (χ4n) is 9.10. The number of nitrogens with zero attached hydrogens (tertiary/aromatic N) is 7. The number of methoxy groups -OCH3 is 1. The van der Waals surface area contributed by atoms with Crippen LogP contribution in [-0.2, 0) is 35.0 Å². The van der Waals surface area contributed by atoms with Gasteiger partial charge in [-0.2, -0.15) is 10.1 Å². The van der Waals surface area contributed by atoms with Gasteiger partial charge >= 0.3 is 7.60 Å². The second-order valence-electron chi connectivity index (χ2n) is 17.3. The second kappa shape index (κ2) is 20.0. The van der Waals surface area contributed by atoms with Gasteiger partial charge in [0.2, 0.25) is 23.7 Å². The number of nitrogens with one attached hydrogen (secondary N) is 3. The summed E-state index contributed by atoms with van der Waals surface area (Å²) in [5, 5.41) is 25.4. The monoisotopic (exact) mass is 1020 g/mol. The van der Waals surface area contributed by atoms with Crippen molar-refractivity contribution in [2.24, 2.45) is 7.05 Å². The van der Waals surface area contributed by atoms with Crippen LogP contribution in [0.25, 0.3) is 11.1 Å². The van der Waals surface area contributed by atoms with E-state index in [1.807, 2.05) is 50.2 Å². The number of imide groups is 1. The van der Waals surface area contributed by atoms with E-state index in [4.69, 9.17) is 18.8 Å². The molecule has 0 bridgehead atoms. The fraction of sp³-hybridized carbons (Fsp3) is 0.404. The van der Waals surface area contributed by atoms with Gasteiger partial charge < -0.3 is 44.2 Å². The molecule has 0 saturated carbocycles. The van der Waals surface area contributed by atoms with Crippen molar-refractivity contribution in [2.75, 3.05) is 81.0 Å². The van der Waals surface area contributed by atoms with Crippen LogP contribution < -0.4 is 35.8 Å². The molecule has 5 aromatic rings. The molecule has 0 radical (unpaired) electrons. The van der Waals surface area contributed by atoms with Crippen molar-refractivity contribution in [1.29, 1.82) is 0 Å². The normalized spacial score (nSPS) is 17.5. The average molecular weight is 1020 g/mol. The maximum Gasteiger partial charge on any atom is 0.363 e. The minimum absolute atomic E-state index is 0.0464. The molecule has 3 aliphatic rings. The van der Waals surface area contributed by atoms with E-state index in [0.717, 1.165) is 27.9 Å². The number of aromatic nitrogens is 4. The number of hydrogen-bond acceptors (Lipinski definition) is 15. The van der Waals surface area contributed by atoms with Gasteiger partial charge in [-0.05, 0) is 90.0 Å². The molecule has 3 aromatic carbocycles. The lowest BCUT2D eigenvalue weighted by molar-refractivity contribution is -0.138. The van der Waals surface area contributed by atoms with Gasteiger partial charge in [-0.3, -0.25) is 28.9 Å². The van der Waals surface area contributed by atoms with E-state index in [1.165, 1.54) is 20.3 Å². The largest absolute Gasteiger partial charge is 0.494 e. The molecule has 1 atom stereocenters. The first-order chi connectivity index (χ1) is 32.5. The van der Waals surface area contributed by atoms with Gasteiger partial charge in [-0.25, -0.2) is 9.37 Å². The smallest absolute Gasteiger partial charge is 0.363 e. The molecular weight excluding hydrogens is 962 g/mol. The Morgan fingerprint density at radius 3 is 2.32 bits per heavy atom. The van der Waals surface area contributed by atoms with Crippen molar-refractivity contribution in [3.8, 4) is 16.9 Å². The Bertz CT molecular complexity index is 2790. The first-order valence-corrected chi connectivity index (χ1v) is 24.6. The van der Waals surface area contributed by atoms with Crippen LogP contribution in [0, 0.1) is 19.7 Å². The SMILES string of the molecule is COc1cc(N2CCN(C(=O)CC3(O)CCN(c4ccc(C5CCC(=O)NC5=O)cc4F)CC3)CC2)c(-c2cnn(C)c2)cc1Nc1ncc(Br)c(Nc2ccc(C)c(C)c2P(=O)(OC)OC)n1. The van der Waals surface area contributed by atoms with Crippen molar-refractivity contribution in [3.05, 3.63) is 88.0 Å². The molecule has 0 aliphatic carbocycles. The summed E-state index contributed by atoms with van der Waals surface area (Å²) >= 11 is 3.56. The second-order valence-corrected chi connectivity index (χ2v) is 20.4. The Labute approximate surface area is 402 Å². The number of ether oxygens (including phenoxy) is 1. The van der Waals surface area contributed by atoms with Gasteiger partial charge in [0.25, 0.3) is 0 Å². The maximum atomic E-state index is 15.4. The van der Waals surface area contributed by atoms with E-state index in [-0.39, 0.29) is 43.4 Å². The number of amides is 3. The summed E-state index contributed by atoms with van der Waals surface area (Å²) in [5.41, 5.74) is 4.98. The standard InChI is InChI=1S/C47H55BrFN10O8P/c1-28-7-10-36(43(29(28)2)68(64,66-5)67-6)52-44-34(48)26-50-46(55-44)53-37-22-33(31-25-51-56(3)27-31)39(23-40(37)65-4)58-17-19-59(20-18-58)42(61)24-47(63)13-15-57(16-14-47)38-11-8-30(21-35(38)49)32-9-12-41(60)54-45(32)62/h7-8,10-11,21-23,25-27,32,63H,9,12-20,24H2,1-6H3,(H,54,60,62)(H2,50,52,53,55). The van der Waals surface area contributed by atoms with E-state index in [2.05, 4.69) is 46.9 Å². The van der Waals surface area contributed by atoms with Gasteiger partial charge in [0.1, 0.15) is 17.4 Å². The van der Waals surface area contributed by atoms with Crippen LogP contribution in [0.15, 0.2) is 65.5 Å². The number of halogens is 2. The summed E-state index contributed by atoms with van der Waals surface area (Å²) in [6.45, 7) is 6.36. The minimum atomic E-state index is -3.67. The average Bonchev–Trinajstić information content (AvgIpc) is 3.77. The van der Waals surface area contributed by atoms with Gasteiger partial charge in [0, 0.05) is 102 Å². The molecule has 360 valence electrons. The molecule has 2 aromatic heterocycles. The van der Waals surface area contributed by atoms with Crippen LogP contribution in [0.3, 0.4) is 0 Å². The summed E-state index contributed by atoms with van der Waals surface area (Å²) in [6, 6.07) is 12.3. The third-order valence-electron chi connectivity index (χ3n) is 13.1. The van der Waals surface area contributed by atoms with Crippen molar-refractivity contribution < 1.29 is 42.2 Å². The molecule has 3 aliphatic heterocycles. The van der Waals surface area contributed by atoms with Crippen LogP contribution in [-0.4, -0.2) is 114 Å². The van der Waals surface area contributed by atoms with Gasteiger partial charge in [0.15, 0.2) is 0 Å². The van der Waals surface area contributed by atoms with Crippen molar-refractivity contribution in [3.63, 3.8) is 0 Å². The lowest BCUT2D eigenvalue weighted by atomic mass is 9.87. The highest BCUT2D eigenvalue weighted by Gasteiger charge is 2.38. The molecule has 5 heterocycles. The molecule has 3 saturated heterocycles. The molecule has 68 heavy (non-hydrogen) atoms. The number of hydrogen-bond donors (Lipinski definition) is 4. The third-order valence-corrected chi connectivity index (χ3v) is 15.8. The predicted octanol–water partition coefficient (Wildman–Crippen LogP) is 6.59. The Kier molecular flexibility index (Phi) is 14.3. The number of aryl methyl sites for hydroxylation is 2. The van der Waals surface area contributed by atoms with Gasteiger partial charge in [-0.1, -0.05) is 12.1 Å². The highest BCUT2D eigenvalue weighted by atomic mass is 79.9. The number of rotatable bonds is 14. The molecule has 3 fully saturated rings. The molecule has 4 N–H and O–H groups in total. The van der Waals surface area contributed by atoms with E-state index in [1.54, 1.807) is 47.3 Å². The summed E-state index contributed by atoms with van der Waals surface area (Å²) in [6.07, 6.45) is 6.36. The number of carbonyl (C=O) groups excluding carboxylic acids is 3. The topological polar surface area (TPSA) is 206 Å². The number of piperazine rings is 1. The van der Waals surface area contributed by atoms with E-state index in [9.17, 15) is 24.1 Å². The number of anilines is 6. The Balaban J connectivity index is 0.941. The minimum Gasteiger partial charge on any atom is -0.494 e. The van der Waals surface area contributed by atoms with Crippen LogP contribution >= 0.6 is 23.5 Å². The lowest BCUT2D eigenvalue weighted by Gasteiger charge is -2.41. The first kappa shape index (κ1) is 48.5. The number of benzene rings is 3. The number of aliphatic hydroxyl groups is 1. The van der Waals surface area contributed by atoms with E-state index < -0.39 is 30.8 Å². The molecule has 18 nitrogen and oxygen atoms in total. The highest BCUT2D eigenvalue weighted by Crippen LogP contribution is 2.49. The zero-order valence-corrected chi connectivity index (χ0v) is 41.2. The van der Waals surface area contributed by atoms with Crippen molar-refractivity contribution in [1.82, 2.24) is 30.0 Å². The third kappa shape index (κ3) is 10.1. The van der Waals surface area contributed by atoms with Crippen LogP contribution in [0.4, 0.5) is 38.9 Å². The van der Waals surface area contributed by atoms with Crippen molar-refractivity contribution >= 4 is 81.1 Å². The van der Waals surface area contributed by atoms with Crippen LogP contribution in [0.1, 0.15) is 54.7 Å². The van der Waals surface area contributed by atoms with Crippen molar-refractivity contribution in [2.45, 2.75) is 57.5 Å². The molecule has 1 unspecified atom stereocenters. The Morgan fingerprint density at radius 2 is 1.68 bits per heavy atom. The Hall–Kier alpha value is -5.92. The molecule has 0 spiro atoms. The van der Waals surface area contributed by atoms with Gasteiger partial charge in [-0.15, -0.1) is 0 Å². The number of carbonyl (C=O) groups is 3. The summed E-state index contributed by atoms with van der Waals surface area (Å²) < 4.78 is 48.1. The van der Waals surface area contributed by atoms with Gasteiger partial charge in [0.05, 0.1) is 58.1 Å². The summed E-state index contributed by atoms with van der Waals surface area (Å²) in [5.74, 6) is -0.796. The molecule has 21 heteroatoms. The maximum absolute atomic E-state index is 15.4. The molecular formula is C47H55BrFN10O8P. The quantitative estimate of drug-likeness (QED) is 0.0684. The van der Waals surface area contributed by atoms with Crippen LogP contribution in [0.5, 0.6) is 5.75 Å². The first-order valence-electron chi connectivity index (χ1n) is 22.2. The number of piperidine rings is 2. The molecule has 3 amide bonds. The summed E-state index contributed by atoms with van der Waals surface area (Å²) in [4.78, 5) is 52.9. The van der Waals surface area contributed by atoms with E-state index in [0.29, 0.717) is 89.7 Å². The Morgan fingerprint density at radius 1 is 0.956 bits per heavy atom. The zero-order valence-electron chi connectivity index (χ0n) is 38.8. The fourth-order valence-corrected chi connectivity index (χ4v) is 10.9. The van der Waals surface area contributed by atoms with E-state index >= 15 is 4.39 Å². The molecule has 8 rings (SSSR count). The highest BCUT2D eigenvalue weighted by molar-refractivity contribution is 9.10. The van der Waals surface area contributed by atoms with Crippen LogP contribution in [0.2, 0.25) is 0 Å². The lowest BCUT2D eigenvalue weighted by Crippen LogP contribution is -2.52.